The van der Waals surface area contributed by atoms with Crippen molar-refractivity contribution in [1.29, 1.82) is 0 Å². The first kappa shape index (κ1) is 10.4. The zero-order valence-corrected chi connectivity index (χ0v) is 9.47. The second-order valence-corrected chi connectivity index (χ2v) is 5.06. The van der Waals surface area contributed by atoms with Gasteiger partial charge in [0.1, 0.15) is 0 Å². The van der Waals surface area contributed by atoms with Crippen molar-refractivity contribution in [3.63, 3.8) is 0 Å². The molecular formula is C12H24N2. The Morgan fingerprint density at radius 3 is 2.43 bits per heavy atom. The van der Waals surface area contributed by atoms with Crippen molar-refractivity contribution in [1.82, 2.24) is 10.2 Å². The van der Waals surface area contributed by atoms with Crippen LogP contribution in [0.4, 0.5) is 0 Å². The third-order valence-corrected chi connectivity index (χ3v) is 3.61. The molecule has 1 N–H and O–H groups in total. The Hall–Kier alpha value is -0.0800. The van der Waals surface area contributed by atoms with Gasteiger partial charge in [-0.2, -0.15) is 0 Å². The van der Waals surface area contributed by atoms with Gasteiger partial charge in [-0.3, -0.25) is 0 Å². The standard InChI is InChI=1S/C12H24N2/c1-11(10-14-8-4-5-9-14)13-12-6-2-3-7-12/h11-13H,2-10H2,1H3. The van der Waals surface area contributed by atoms with E-state index in [-0.39, 0.29) is 0 Å². The maximum absolute atomic E-state index is 3.76. The smallest absolute Gasteiger partial charge is 0.0169 e. The Morgan fingerprint density at radius 1 is 1.14 bits per heavy atom. The molecule has 1 atom stereocenters. The third-order valence-electron chi connectivity index (χ3n) is 3.61. The molecule has 0 spiro atoms. The normalized spacial score (nSPS) is 27.2. The SMILES string of the molecule is CC(CN1CCCC1)NC1CCCC1. The summed E-state index contributed by atoms with van der Waals surface area (Å²) in [6.45, 7) is 6.26. The number of nitrogens with zero attached hydrogens (tertiary/aromatic N) is 1. The minimum atomic E-state index is 0.691. The van der Waals surface area contributed by atoms with Crippen LogP contribution < -0.4 is 5.32 Å². The second kappa shape index (κ2) is 5.13. The summed E-state index contributed by atoms with van der Waals surface area (Å²) in [5, 5.41) is 3.76. The van der Waals surface area contributed by atoms with Crippen molar-refractivity contribution < 1.29 is 0 Å². The summed E-state index contributed by atoms with van der Waals surface area (Å²) in [7, 11) is 0. The number of hydrogen-bond acceptors (Lipinski definition) is 2. The Kier molecular flexibility index (Phi) is 3.82. The van der Waals surface area contributed by atoms with Gasteiger partial charge >= 0.3 is 0 Å². The van der Waals surface area contributed by atoms with E-state index in [1.54, 1.807) is 0 Å². The maximum atomic E-state index is 3.76. The fourth-order valence-electron chi connectivity index (χ4n) is 2.90. The van der Waals surface area contributed by atoms with Gasteiger partial charge < -0.3 is 10.2 Å². The van der Waals surface area contributed by atoms with Crippen LogP contribution in [-0.4, -0.2) is 36.6 Å². The third kappa shape index (κ3) is 2.96. The molecule has 1 unspecified atom stereocenters. The molecule has 0 amide bonds. The molecular weight excluding hydrogens is 172 g/mol. The van der Waals surface area contributed by atoms with Crippen molar-refractivity contribution in [3.8, 4) is 0 Å². The van der Waals surface area contributed by atoms with Crippen molar-refractivity contribution in [2.24, 2.45) is 0 Å². The predicted molar refractivity (Wildman–Crippen MR) is 60.5 cm³/mol. The van der Waals surface area contributed by atoms with Crippen molar-refractivity contribution in [2.45, 2.75) is 57.5 Å². The van der Waals surface area contributed by atoms with Gasteiger partial charge in [0.15, 0.2) is 0 Å². The first-order valence-electron chi connectivity index (χ1n) is 6.33. The average Bonchev–Trinajstić information content (AvgIpc) is 2.76. The number of nitrogens with one attached hydrogen (secondary N) is 1. The molecule has 0 aromatic rings. The van der Waals surface area contributed by atoms with E-state index in [0.717, 1.165) is 6.04 Å². The highest BCUT2D eigenvalue weighted by Crippen LogP contribution is 2.18. The first-order valence-corrected chi connectivity index (χ1v) is 6.33. The Balaban J connectivity index is 1.64. The van der Waals surface area contributed by atoms with Gasteiger partial charge in [-0.05, 0) is 45.7 Å². The molecule has 82 valence electrons. The van der Waals surface area contributed by atoms with Crippen molar-refractivity contribution in [2.75, 3.05) is 19.6 Å². The molecule has 1 aliphatic heterocycles. The van der Waals surface area contributed by atoms with Crippen molar-refractivity contribution >= 4 is 0 Å². The van der Waals surface area contributed by atoms with Gasteiger partial charge in [0, 0.05) is 18.6 Å². The molecule has 2 nitrogen and oxygen atoms in total. The fraction of sp³-hybridized carbons (Fsp3) is 1.00. The molecule has 2 fully saturated rings. The summed E-state index contributed by atoms with van der Waals surface area (Å²) in [5.41, 5.74) is 0. The van der Waals surface area contributed by atoms with Gasteiger partial charge in [-0.15, -0.1) is 0 Å². The lowest BCUT2D eigenvalue weighted by molar-refractivity contribution is 0.286. The fourth-order valence-corrected chi connectivity index (χ4v) is 2.90. The van der Waals surface area contributed by atoms with Crippen LogP contribution in [0.25, 0.3) is 0 Å². The van der Waals surface area contributed by atoms with E-state index in [1.807, 2.05) is 0 Å². The van der Waals surface area contributed by atoms with Crippen molar-refractivity contribution in [3.05, 3.63) is 0 Å². The van der Waals surface area contributed by atoms with E-state index < -0.39 is 0 Å². The van der Waals surface area contributed by atoms with Crippen LogP contribution in [-0.2, 0) is 0 Å². The quantitative estimate of drug-likeness (QED) is 0.740. The first-order chi connectivity index (χ1) is 6.84. The van der Waals surface area contributed by atoms with E-state index >= 15 is 0 Å². The van der Waals surface area contributed by atoms with Gasteiger partial charge in [0.05, 0.1) is 0 Å². The largest absolute Gasteiger partial charge is 0.310 e. The Bertz CT molecular complexity index is 140. The molecule has 2 heteroatoms. The lowest BCUT2D eigenvalue weighted by Gasteiger charge is -2.24. The van der Waals surface area contributed by atoms with Gasteiger partial charge in [0.25, 0.3) is 0 Å². The van der Waals surface area contributed by atoms with Gasteiger partial charge in [-0.1, -0.05) is 12.8 Å². The minimum Gasteiger partial charge on any atom is -0.310 e. The zero-order valence-electron chi connectivity index (χ0n) is 9.47. The molecule has 2 aliphatic rings. The maximum Gasteiger partial charge on any atom is 0.0169 e. The second-order valence-electron chi connectivity index (χ2n) is 5.06. The highest BCUT2D eigenvalue weighted by atomic mass is 15.2. The van der Waals surface area contributed by atoms with Crippen LogP contribution in [0.3, 0.4) is 0 Å². The summed E-state index contributed by atoms with van der Waals surface area (Å²) in [6, 6.07) is 1.52. The minimum absolute atomic E-state index is 0.691. The summed E-state index contributed by atoms with van der Waals surface area (Å²) < 4.78 is 0. The molecule has 0 aromatic carbocycles. The highest BCUT2D eigenvalue weighted by Gasteiger charge is 2.19. The molecule has 1 saturated carbocycles. The molecule has 1 saturated heterocycles. The van der Waals surface area contributed by atoms with Crippen LogP contribution in [0.1, 0.15) is 45.4 Å². The molecule has 0 aromatic heterocycles. The van der Waals surface area contributed by atoms with Gasteiger partial charge in [-0.25, -0.2) is 0 Å². The van der Waals surface area contributed by atoms with Crippen LogP contribution in [0, 0.1) is 0 Å². The number of likely N-dealkylation sites (tertiary alicyclic amines) is 1. The van der Waals surface area contributed by atoms with E-state index in [9.17, 15) is 0 Å². The topological polar surface area (TPSA) is 15.3 Å². The summed E-state index contributed by atoms with van der Waals surface area (Å²) in [6.07, 6.45) is 8.52. The Morgan fingerprint density at radius 2 is 1.79 bits per heavy atom. The summed E-state index contributed by atoms with van der Waals surface area (Å²) >= 11 is 0. The number of rotatable bonds is 4. The van der Waals surface area contributed by atoms with Crippen LogP contribution in [0.15, 0.2) is 0 Å². The monoisotopic (exact) mass is 196 g/mol. The Labute approximate surface area is 88.1 Å². The van der Waals surface area contributed by atoms with E-state index in [1.165, 1.54) is 58.2 Å². The lowest BCUT2D eigenvalue weighted by atomic mass is 10.2. The van der Waals surface area contributed by atoms with Crippen LogP contribution in [0.5, 0.6) is 0 Å². The number of hydrogen-bond donors (Lipinski definition) is 1. The zero-order chi connectivity index (χ0) is 9.80. The van der Waals surface area contributed by atoms with E-state index in [2.05, 4.69) is 17.1 Å². The summed E-state index contributed by atoms with van der Waals surface area (Å²) in [5.74, 6) is 0. The summed E-state index contributed by atoms with van der Waals surface area (Å²) in [4.78, 5) is 2.60. The predicted octanol–water partition coefficient (Wildman–Crippen LogP) is 2.00. The van der Waals surface area contributed by atoms with Crippen LogP contribution >= 0.6 is 0 Å². The van der Waals surface area contributed by atoms with Crippen LogP contribution in [0.2, 0.25) is 0 Å². The molecule has 1 aliphatic carbocycles. The molecule has 14 heavy (non-hydrogen) atoms. The average molecular weight is 196 g/mol. The molecule has 1 heterocycles. The molecule has 2 rings (SSSR count). The van der Waals surface area contributed by atoms with E-state index in [4.69, 9.17) is 0 Å². The molecule has 0 radical (unpaired) electrons. The van der Waals surface area contributed by atoms with Gasteiger partial charge in [0.2, 0.25) is 0 Å². The highest BCUT2D eigenvalue weighted by molar-refractivity contribution is 4.79. The molecule has 0 bridgehead atoms. The lowest BCUT2D eigenvalue weighted by Crippen LogP contribution is -2.42. The van der Waals surface area contributed by atoms with E-state index in [0.29, 0.717) is 6.04 Å².